The van der Waals surface area contributed by atoms with Gasteiger partial charge in [-0.05, 0) is 44.0 Å². The van der Waals surface area contributed by atoms with Gasteiger partial charge in [0.15, 0.2) is 0 Å². The molecule has 0 saturated heterocycles. The molecule has 0 fully saturated rings. The number of carboxylic acids is 1. The topological polar surface area (TPSA) is 160 Å². The molecule has 1 heterocycles. The van der Waals surface area contributed by atoms with E-state index >= 15 is 0 Å². The van der Waals surface area contributed by atoms with E-state index in [2.05, 4.69) is 10.6 Å². The van der Waals surface area contributed by atoms with Gasteiger partial charge in [-0.3, -0.25) is 4.79 Å². The van der Waals surface area contributed by atoms with Crippen LogP contribution in [0.15, 0.2) is 36.4 Å². The molecule has 252 valence electrons. The van der Waals surface area contributed by atoms with Crippen LogP contribution >= 0.6 is 0 Å². The summed E-state index contributed by atoms with van der Waals surface area (Å²) >= 11 is 0. The van der Waals surface area contributed by atoms with Crippen molar-refractivity contribution in [3.63, 3.8) is 0 Å². The minimum absolute atomic E-state index is 0.0574. The van der Waals surface area contributed by atoms with E-state index in [1.165, 1.54) is 0 Å². The molecule has 46 heavy (non-hydrogen) atoms. The van der Waals surface area contributed by atoms with E-state index in [4.69, 9.17) is 33.2 Å². The summed E-state index contributed by atoms with van der Waals surface area (Å²) < 4.78 is 40.0. The largest absolute Gasteiger partial charge is 0.491 e. The first kappa shape index (κ1) is 35.0. The number of benzene rings is 2. The number of alkyl carbamates (subject to hydrolysis) is 1. The number of carboxylic acid groups (broad SMARTS) is 1. The average Bonchev–Trinajstić information content (AvgIpc) is 3.14. The normalized spacial score (nSPS) is 17.9. The summed E-state index contributed by atoms with van der Waals surface area (Å²) in [7, 11) is 0. The number of aliphatic carboxylic acids is 1. The Morgan fingerprint density at radius 3 is 1.59 bits per heavy atom. The molecule has 3 N–H and O–H groups in total. The van der Waals surface area contributed by atoms with Crippen LogP contribution in [0.5, 0.6) is 11.5 Å². The second kappa shape index (κ2) is 16.6. The zero-order valence-electron chi connectivity index (χ0n) is 26.7. The molecule has 13 heteroatoms. The minimum Gasteiger partial charge on any atom is -0.491 e. The molecule has 0 bridgehead atoms. The number of nitrogens with one attached hydrogen (secondary N) is 2. The van der Waals surface area contributed by atoms with Crippen LogP contribution in [0.1, 0.15) is 31.9 Å². The van der Waals surface area contributed by atoms with Gasteiger partial charge in [-0.1, -0.05) is 24.3 Å². The second-order valence-corrected chi connectivity index (χ2v) is 11.9. The molecular weight excluding hydrogens is 600 g/mol. The Kier molecular flexibility index (Phi) is 12.6. The van der Waals surface area contributed by atoms with E-state index in [-0.39, 0.29) is 26.1 Å². The minimum atomic E-state index is -1.75. The van der Waals surface area contributed by atoms with E-state index < -0.39 is 35.7 Å². The van der Waals surface area contributed by atoms with E-state index in [0.717, 1.165) is 0 Å². The van der Waals surface area contributed by atoms with Crippen molar-refractivity contribution in [1.29, 1.82) is 0 Å². The van der Waals surface area contributed by atoms with Crippen LogP contribution in [0, 0.1) is 0 Å². The lowest BCUT2D eigenvalue weighted by atomic mass is 9.86. The zero-order chi connectivity index (χ0) is 33.0. The van der Waals surface area contributed by atoms with Crippen LogP contribution in [0.3, 0.4) is 0 Å². The van der Waals surface area contributed by atoms with Gasteiger partial charge >= 0.3 is 12.1 Å². The summed E-state index contributed by atoms with van der Waals surface area (Å²) in [6.07, 6.45) is -0.899. The standard InChI is InChI=1S/C33H44N2O11/c1-32(2,3)46-31(39)34-22-27(36)35-33(30(37)38)20-23-6-4-8-25-28(23)29-24(21-33)7-5-9-26(29)45-19-17-43-15-13-41-11-10-40-12-14-42-16-18-44-25/h4-9H,10-22H2,1-3H3,(H,34,39)(H,35,36)(H,37,38). The van der Waals surface area contributed by atoms with Gasteiger partial charge in [0.05, 0.1) is 52.9 Å². The van der Waals surface area contributed by atoms with Crippen molar-refractivity contribution in [1.82, 2.24) is 10.6 Å². The van der Waals surface area contributed by atoms with Gasteiger partial charge < -0.3 is 48.9 Å². The van der Waals surface area contributed by atoms with Crippen molar-refractivity contribution < 1.29 is 52.6 Å². The third-order valence-electron chi connectivity index (χ3n) is 7.13. The highest BCUT2D eigenvalue weighted by Crippen LogP contribution is 2.46. The molecule has 0 atom stereocenters. The predicted molar refractivity (Wildman–Crippen MR) is 166 cm³/mol. The molecule has 1 aliphatic carbocycles. The van der Waals surface area contributed by atoms with Gasteiger partial charge in [-0.2, -0.15) is 0 Å². The van der Waals surface area contributed by atoms with Gasteiger partial charge in [-0.15, -0.1) is 0 Å². The monoisotopic (exact) mass is 644 g/mol. The number of hydrogen-bond donors (Lipinski definition) is 3. The first-order chi connectivity index (χ1) is 22.1. The highest BCUT2D eigenvalue weighted by Gasteiger charge is 2.44. The lowest BCUT2D eigenvalue weighted by Crippen LogP contribution is -2.59. The Balaban J connectivity index is 1.65. The SMILES string of the molecule is CC(C)(C)OC(=O)NCC(=O)NC1(C(=O)O)Cc2cccc3c2-c2c(cccc2OCCOCCOCCOCCOCCO3)C1. The van der Waals surface area contributed by atoms with Gasteiger partial charge in [0.1, 0.15) is 42.4 Å². The van der Waals surface area contributed by atoms with E-state index in [9.17, 15) is 19.5 Å². The quantitative estimate of drug-likeness (QED) is 0.449. The summed E-state index contributed by atoms with van der Waals surface area (Å²) in [5.41, 5.74) is 0.113. The molecule has 0 aromatic heterocycles. The van der Waals surface area contributed by atoms with Crippen molar-refractivity contribution in [3.8, 4) is 22.6 Å². The van der Waals surface area contributed by atoms with E-state index in [1.54, 1.807) is 32.9 Å². The first-order valence-corrected chi connectivity index (χ1v) is 15.4. The first-order valence-electron chi connectivity index (χ1n) is 15.4. The summed E-state index contributed by atoms with van der Waals surface area (Å²) in [6.45, 7) is 8.28. The third-order valence-corrected chi connectivity index (χ3v) is 7.13. The number of hydrogen-bond acceptors (Lipinski definition) is 10. The molecule has 0 unspecified atom stereocenters. The average molecular weight is 645 g/mol. The van der Waals surface area contributed by atoms with Crippen molar-refractivity contribution in [2.75, 3.05) is 72.6 Å². The Morgan fingerprint density at radius 2 is 1.17 bits per heavy atom. The molecule has 0 spiro atoms. The number of carbonyl (C=O) groups excluding carboxylic acids is 2. The van der Waals surface area contributed by atoms with Gasteiger partial charge in [0.2, 0.25) is 5.91 Å². The molecule has 0 radical (unpaired) electrons. The summed E-state index contributed by atoms with van der Waals surface area (Å²) in [5.74, 6) is -0.851. The van der Waals surface area contributed by atoms with Gasteiger partial charge in [0.25, 0.3) is 0 Å². The predicted octanol–water partition coefficient (Wildman–Crippen LogP) is 2.75. The molecule has 0 saturated carbocycles. The molecule has 2 aromatic carbocycles. The fourth-order valence-corrected chi connectivity index (χ4v) is 5.22. The number of ether oxygens (including phenoxy) is 7. The Labute approximate surface area is 268 Å². The van der Waals surface area contributed by atoms with Crippen molar-refractivity contribution in [2.24, 2.45) is 0 Å². The maximum absolute atomic E-state index is 13.1. The lowest BCUT2D eigenvalue weighted by Gasteiger charge is -2.30. The Bertz CT molecular complexity index is 1270. The Hall–Kier alpha value is -3.91. The third kappa shape index (κ3) is 10.0. The molecule has 2 aromatic rings. The molecule has 13 nitrogen and oxygen atoms in total. The second-order valence-electron chi connectivity index (χ2n) is 11.9. The number of rotatable bonds is 4. The summed E-state index contributed by atoms with van der Waals surface area (Å²) in [6, 6.07) is 10.8. The van der Waals surface area contributed by atoms with Crippen molar-refractivity contribution in [2.45, 2.75) is 44.8 Å². The van der Waals surface area contributed by atoms with Gasteiger partial charge in [-0.25, -0.2) is 9.59 Å². The Morgan fingerprint density at radius 1 is 0.739 bits per heavy atom. The van der Waals surface area contributed by atoms with Gasteiger partial charge in [0, 0.05) is 24.0 Å². The van der Waals surface area contributed by atoms with E-state index in [1.807, 2.05) is 24.3 Å². The highest BCUT2D eigenvalue weighted by molar-refractivity contribution is 5.92. The van der Waals surface area contributed by atoms with Crippen LogP contribution in [-0.4, -0.2) is 107 Å². The van der Waals surface area contributed by atoms with Crippen molar-refractivity contribution >= 4 is 18.0 Å². The van der Waals surface area contributed by atoms with Crippen LogP contribution in [0.4, 0.5) is 4.79 Å². The molecular formula is C33H44N2O11. The van der Waals surface area contributed by atoms with Crippen LogP contribution in [-0.2, 0) is 46.1 Å². The summed E-state index contributed by atoms with van der Waals surface area (Å²) in [4.78, 5) is 38.3. The lowest BCUT2D eigenvalue weighted by molar-refractivity contribution is -0.147. The number of amides is 2. The molecule has 1 aliphatic heterocycles. The fourth-order valence-electron chi connectivity index (χ4n) is 5.22. The number of carbonyl (C=O) groups is 3. The van der Waals surface area contributed by atoms with Crippen LogP contribution in [0.2, 0.25) is 0 Å². The molecule has 2 aliphatic rings. The highest BCUT2D eigenvalue weighted by atomic mass is 16.6. The fraction of sp³-hybridized carbons (Fsp3) is 0.545. The summed E-state index contributed by atoms with van der Waals surface area (Å²) in [5, 5.41) is 15.7. The maximum atomic E-state index is 13.1. The van der Waals surface area contributed by atoms with E-state index in [0.29, 0.717) is 86.6 Å². The van der Waals surface area contributed by atoms with Crippen molar-refractivity contribution in [3.05, 3.63) is 47.5 Å². The smallest absolute Gasteiger partial charge is 0.408 e. The maximum Gasteiger partial charge on any atom is 0.408 e. The van der Waals surface area contributed by atoms with Crippen LogP contribution in [0.25, 0.3) is 11.1 Å². The molecule has 4 rings (SSSR count). The van der Waals surface area contributed by atoms with Crippen LogP contribution < -0.4 is 20.1 Å². The zero-order valence-corrected chi connectivity index (χ0v) is 26.7. The molecule has 2 amide bonds.